The number of carbonyl (C=O) groups is 1. The molecule has 1 saturated heterocycles. The summed E-state index contributed by atoms with van der Waals surface area (Å²) < 4.78 is 41.8. The zero-order valence-electron chi connectivity index (χ0n) is 11.6. The van der Waals surface area contributed by atoms with E-state index in [0.29, 0.717) is 0 Å². The first-order valence-electron chi connectivity index (χ1n) is 6.66. The minimum absolute atomic E-state index is 0.126. The summed E-state index contributed by atoms with van der Waals surface area (Å²) in [4.78, 5) is 13.0. The van der Waals surface area contributed by atoms with Crippen LogP contribution in [0.3, 0.4) is 0 Å². The van der Waals surface area contributed by atoms with Crippen molar-refractivity contribution in [3.63, 3.8) is 0 Å². The molecule has 4 nitrogen and oxygen atoms in total. The van der Waals surface area contributed by atoms with Crippen LogP contribution in [-0.2, 0) is 9.53 Å². The van der Waals surface area contributed by atoms with Crippen LogP contribution in [0.1, 0.15) is 12.8 Å². The largest absolute Gasteiger partial charge is 0.471 e. The van der Waals surface area contributed by atoms with Crippen molar-refractivity contribution in [1.29, 1.82) is 0 Å². The van der Waals surface area contributed by atoms with Gasteiger partial charge in [0, 0.05) is 31.6 Å². The molecule has 0 bridgehead atoms. The fourth-order valence-electron chi connectivity index (χ4n) is 2.32. The quantitative estimate of drug-likeness (QED) is 0.933. The number of anilines is 2. The van der Waals surface area contributed by atoms with Crippen molar-refractivity contribution in [2.45, 2.75) is 25.1 Å². The molecule has 21 heavy (non-hydrogen) atoms. The van der Waals surface area contributed by atoms with Gasteiger partial charge in [-0.3, -0.25) is 4.79 Å². The molecule has 1 amide bonds. The second-order valence-electron chi connectivity index (χ2n) is 4.94. The fourth-order valence-corrected chi connectivity index (χ4v) is 2.32. The van der Waals surface area contributed by atoms with E-state index in [4.69, 9.17) is 4.74 Å². The van der Waals surface area contributed by atoms with Gasteiger partial charge in [-0.05, 0) is 37.1 Å². The Bertz CT molecular complexity index is 488. The molecule has 1 fully saturated rings. The van der Waals surface area contributed by atoms with Crippen LogP contribution >= 0.6 is 0 Å². The van der Waals surface area contributed by atoms with E-state index in [0.717, 1.165) is 31.6 Å². The molecule has 1 unspecified atom stereocenters. The maximum absolute atomic E-state index is 12.2. The second kappa shape index (κ2) is 6.34. The van der Waals surface area contributed by atoms with Gasteiger partial charge in [-0.15, -0.1) is 0 Å². The number of piperidine rings is 1. The first-order valence-corrected chi connectivity index (χ1v) is 6.66. The van der Waals surface area contributed by atoms with E-state index in [1.807, 2.05) is 5.32 Å². The number of nitrogens with one attached hydrogen (secondary N) is 1. The summed E-state index contributed by atoms with van der Waals surface area (Å²) in [5.41, 5.74) is 1.03. The summed E-state index contributed by atoms with van der Waals surface area (Å²) in [7, 11) is 1.67. The van der Waals surface area contributed by atoms with Gasteiger partial charge in [0.1, 0.15) is 0 Å². The van der Waals surface area contributed by atoms with Gasteiger partial charge in [-0.25, -0.2) is 0 Å². The Morgan fingerprint density at radius 2 is 2.00 bits per heavy atom. The number of rotatable bonds is 3. The monoisotopic (exact) mass is 302 g/mol. The van der Waals surface area contributed by atoms with Crippen LogP contribution < -0.4 is 10.2 Å². The third-order valence-corrected chi connectivity index (χ3v) is 3.46. The van der Waals surface area contributed by atoms with Crippen LogP contribution in [0.25, 0.3) is 0 Å². The van der Waals surface area contributed by atoms with Gasteiger partial charge in [0.2, 0.25) is 0 Å². The molecular formula is C14H17F3N2O2. The van der Waals surface area contributed by atoms with Crippen LogP contribution in [0, 0.1) is 0 Å². The SMILES string of the molecule is COC1CCCN(c2ccc(NC(=O)C(F)(F)F)cc2)C1. The predicted molar refractivity (Wildman–Crippen MR) is 73.4 cm³/mol. The van der Waals surface area contributed by atoms with Crippen molar-refractivity contribution in [2.75, 3.05) is 30.4 Å². The summed E-state index contributed by atoms with van der Waals surface area (Å²) in [5, 5.41) is 1.82. The Morgan fingerprint density at radius 3 is 2.57 bits per heavy atom. The molecule has 0 spiro atoms. The van der Waals surface area contributed by atoms with E-state index < -0.39 is 12.1 Å². The highest BCUT2D eigenvalue weighted by molar-refractivity contribution is 5.95. The van der Waals surface area contributed by atoms with Crippen molar-refractivity contribution in [3.8, 4) is 0 Å². The van der Waals surface area contributed by atoms with E-state index in [2.05, 4.69) is 4.90 Å². The summed E-state index contributed by atoms with van der Waals surface area (Å²) >= 11 is 0. The lowest BCUT2D eigenvalue weighted by molar-refractivity contribution is -0.167. The van der Waals surface area contributed by atoms with Crippen molar-refractivity contribution in [1.82, 2.24) is 0 Å². The second-order valence-corrected chi connectivity index (χ2v) is 4.94. The highest BCUT2D eigenvalue weighted by Crippen LogP contribution is 2.24. The van der Waals surface area contributed by atoms with Crippen LogP contribution in [0.15, 0.2) is 24.3 Å². The predicted octanol–water partition coefficient (Wildman–Crippen LogP) is 2.80. The lowest BCUT2D eigenvalue weighted by atomic mass is 10.1. The minimum atomic E-state index is -4.88. The van der Waals surface area contributed by atoms with Gasteiger partial charge in [0.15, 0.2) is 0 Å². The Balaban J connectivity index is 2.00. The molecule has 1 aliphatic heterocycles. The van der Waals surface area contributed by atoms with Crippen molar-refractivity contribution in [2.24, 2.45) is 0 Å². The van der Waals surface area contributed by atoms with Crippen LogP contribution in [-0.4, -0.2) is 38.4 Å². The van der Waals surface area contributed by atoms with Gasteiger partial charge >= 0.3 is 12.1 Å². The first kappa shape index (κ1) is 15.6. The van der Waals surface area contributed by atoms with Gasteiger partial charge in [0.25, 0.3) is 0 Å². The highest BCUT2D eigenvalue weighted by atomic mass is 19.4. The lowest BCUT2D eigenvalue weighted by Crippen LogP contribution is -2.39. The average Bonchev–Trinajstić information content (AvgIpc) is 2.47. The van der Waals surface area contributed by atoms with Gasteiger partial charge < -0.3 is 15.0 Å². The number of hydrogen-bond donors (Lipinski definition) is 1. The van der Waals surface area contributed by atoms with Crippen LogP contribution in [0.5, 0.6) is 0 Å². The van der Waals surface area contributed by atoms with E-state index in [1.54, 1.807) is 19.2 Å². The molecule has 0 aromatic heterocycles. The third-order valence-electron chi connectivity index (χ3n) is 3.46. The van der Waals surface area contributed by atoms with Crippen molar-refractivity contribution in [3.05, 3.63) is 24.3 Å². The smallest absolute Gasteiger partial charge is 0.380 e. The summed E-state index contributed by atoms with van der Waals surface area (Å²) in [6.07, 6.45) is -2.70. The molecule has 1 atom stereocenters. The molecule has 1 aromatic carbocycles. The van der Waals surface area contributed by atoms with Crippen LogP contribution in [0.4, 0.5) is 24.5 Å². The van der Waals surface area contributed by atoms with E-state index >= 15 is 0 Å². The molecule has 7 heteroatoms. The number of hydrogen-bond acceptors (Lipinski definition) is 3. The summed E-state index contributed by atoms with van der Waals surface area (Å²) in [6, 6.07) is 6.33. The molecule has 1 aromatic rings. The Hall–Kier alpha value is -1.76. The number of benzene rings is 1. The fraction of sp³-hybridized carbons (Fsp3) is 0.500. The molecule has 1 aliphatic rings. The molecule has 1 heterocycles. The number of carbonyl (C=O) groups excluding carboxylic acids is 1. The van der Waals surface area contributed by atoms with Gasteiger partial charge in [-0.2, -0.15) is 13.2 Å². The Kier molecular flexibility index (Phi) is 4.72. The number of halogens is 3. The highest BCUT2D eigenvalue weighted by Gasteiger charge is 2.38. The Labute approximate surface area is 120 Å². The van der Waals surface area contributed by atoms with Gasteiger partial charge in [0.05, 0.1) is 6.10 Å². The zero-order valence-corrected chi connectivity index (χ0v) is 11.6. The maximum atomic E-state index is 12.2. The molecule has 0 aliphatic carbocycles. The first-order chi connectivity index (χ1) is 9.90. The third kappa shape index (κ3) is 4.10. The number of amides is 1. The van der Waals surface area contributed by atoms with E-state index in [1.165, 1.54) is 12.1 Å². The molecule has 2 rings (SSSR count). The number of methoxy groups -OCH3 is 1. The van der Waals surface area contributed by atoms with Crippen molar-refractivity contribution < 1.29 is 22.7 Å². The zero-order chi connectivity index (χ0) is 15.5. The average molecular weight is 302 g/mol. The number of ether oxygens (including phenoxy) is 1. The van der Waals surface area contributed by atoms with E-state index in [-0.39, 0.29) is 11.8 Å². The lowest BCUT2D eigenvalue weighted by Gasteiger charge is -2.33. The molecular weight excluding hydrogens is 285 g/mol. The molecule has 1 N–H and O–H groups in total. The molecule has 0 radical (unpaired) electrons. The minimum Gasteiger partial charge on any atom is -0.380 e. The van der Waals surface area contributed by atoms with E-state index in [9.17, 15) is 18.0 Å². The Morgan fingerprint density at radius 1 is 1.33 bits per heavy atom. The summed E-state index contributed by atoms with van der Waals surface area (Å²) in [5.74, 6) is -1.97. The molecule has 0 saturated carbocycles. The van der Waals surface area contributed by atoms with Gasteiger partial charge in [-0.1, -0.05) is 0 Å². The van der Waals surface area contributed by atoms with Crippen LogP contribution in [0.2, 0.25) is 0 Å². The molecule has 116 valence electrons. The summed E-state index contributed by atoms with van der Waals surface area (Å²) in [6.45, 7) is 1.64. The standard InChI is InChI=1S/C14H17F3N2O2/c1-21-12-3-2-8-19(9-12)11-6-4-10(5-7-11)18-13(20)14(15,16)17/h4-7,12H,2-3,8-9H2,1H3,(H,18,20). The maximum Gasteiger partial charge on any atom is 0.471 e. The topological polar surface area (TPSA) is 41.6 Å². The number of alkyl halides is 3. The number of nitrogens with zero attached hydrogens (tertiary/aromatic N) is 1. The van der Waals surface area contributed by atoms with Crippen molar-refractivity contribution >= 4 is 17.3 Å². The normalized spacial score (nSPS) is 19.4.